The molecule has 0 spiro atoms. The molecule has 0 fully saturated rings. The first kappa shape index (κ1) is 17.8. The second kappa shape index (κ2) is 5.52. The predicted octanol–water partition coefficient (Wildman–Crippen LogP) is 3.95. The van der Waals surface area contributed by atoms with Crippen molar-refractivity contribution in [3.05, 3.63) is 47.4 Å². The number of hydrogen-bond donors (Lipinski definition) is 1. The lowest BCUT2D eigenvalue weighted by atomic mass is 9.91. The second-order valence-corrected chi connectivity index (χ2v) is 4.93. The predicted molar refractivity (Wildman–Crippen MR) is 70.9 cm³/mol. The molecule has 0 saturated heterocycles. The molecule has 1 aromatic heterocycles. The van der Waals surface area contributed by atoms with Gasteiger partial charge in [-0.15, -0.1) is 0 Å². The third-order valence-electron chi connectivity index (χ3n) is 3.33. The topological polar surface area (TPSA) is 42.4 Å². The summed E-state index contributed by atoms with van der Waals surface area (Å²) < 4.78 is 78.1. The third kappa shape index (κ3) is 2.71. The van der Waals surface area contributed by atoms with E-state index in [1.165, 1.54) is 17.9 Å². The van der Waals surface area contributed by atoms with Crippen LogP contribution < -0.4 is 0 Å². The van der Waals surface area contributed by atoms with Crippen LogP contribution in [0.2, 0.25) is 0 Å². The summed E-state index contributed by atoms with van der Waals surface area (Å²) in [6.45, 7) is 6.99. The van der Waals surface area contributed by atoms with Crippen molar-refractivity contribution in [1.82, 2.24) is 9.78 Å². The number of hydrogen-bond acceptors (Lipinski definition) is 2. The smallest absolute Gasteiger partial charge is 0.369 e. The highest BCUT2D eigenvalue weighted by Crippen LogP contribution is 2.50. The van der Waals surface area contributed by atoms with Gasteiger partial charge in [0.2, 0.25) is 5.69 Å². The molecule has 0 atom stereocenters. The molecule has 2 rings (SSSR count). The first-order valence-electron chi connectivity index (χ1n) is 6.29. The maximum atomic E-state index is 12.8. The average Bonchev–Trinajstić information content (AvgIpc) is 2.85. The molecule has 1 heterocycles. The van der Waals surface area contributed by atoms with Gasteiger partial charge in [0.1, 0.15) is 0 Å². The number of aryl methyl sites for hydroxylation is 1. The molecule has 0 aliphatic carbocycles. The zero-order valence-corrected chi connectivity index (χ0v) is 11.9. The van der Waals surface area contributed by atoms with Gasteiger partial charge in [0.05, 0.1) is 12.3 Å². The maximum absolute atomic E-state index is 12.8. The molecular formula is C14H9F6N3O. The Morgan fingerprint density at radius 1 is 1.04 bits per heavy atom. The number of benzene rings is 1. The van der Waals surface area contributed by atoms with Crippen LogP contribution in [0.4, 0.5) is 32.0 Å². The van der Waals surface area contributed by atoms with E-state index < -0.39 is 23.5 Å². The molecule has 1 aromatic carbocycles. The maximum Gasteiger partial charge on any atom is 0.430 e. The van der Waals surface area contributed by atoms with Crippen molar-refractivity contribution in [3.8, 4) is 11.3 Å². The standard InChI is InChI=1S/C14H9F6N3O/c1-21-10-7-23(2)22-11(10)8-3-5-9(6-4-8)12(24,13(15,16)17)14(18,19)20/h3-7,24H,2H3. The number of halogens is 6. The van der Waals surface area contributed by atoms with E-state index in [0.717, 1.165) is 12.1 Å². The van der Waals surface area contributed by atoms with Gasteiger partial charge in [-0.3, -0.25) is 4.68 Å². The number of aliphatic hydroxyl groups is 1. The van der Waals surface area contributed by atoms with Crippen LogP contribution in [0.1, 0.15) is 5.56 Å². The Kier molecular flexibility index (Phi) is 4.10. The Morgan fingerprint density at radius 3 is 1.96 bits per heavy atom. The summed E-state index contributed by atoms with van der Waals surface area (Å²) in [5, 5.41) is 13.2. The summed E-state index contributed by atoms with van der Waals surface area (Å²) >= 11 is 0. The van der Waals surface area contributed by atoms with Crippen molar-refractivity contribution in [2.24, 2.45) is 7.05 Å². The summed E-state index contributed by atoms with van der Waals surface area (Å²) in [5.74, 6) is 0. The lowest BCUT2D eigenvalue weighted by Crippen LogP contribution is -2.53. The van der Waals surface area contributed by atoms with Gasteiger partial charge in [-0.1, -0.05) is 24.3 Å². The molecular weight excluding hydrogens is 340 g/mol. The number of aromatic nitrogens is 2. The van der Waals surface area contributed by atoms with Crippen LogP contribution in [-0.4, -0.2) is 27.2 Å². The molecule has 128 valence electrons. The minimum absolute atomic E-state index is 0.0900. The van der Waals surface area contributed by atoms with Crippen molar-refractivity contribution in [3.63, 3.8) is 0 Å². The molecule has 0 radical (unpaired) electrons. The number of nitrogens with zero attached hydrogens (tertiary/aromatic N) is 3. The van der Waals surface area contributed by atoms with E-state index in [9.17, 15) is 31.4 Å². The molecule has 0 unspecified atom stereocenters. The summed E-state index contributed by atoms with van der Waals surface area (Å²) in [7, 11) is 1.51. The van der Waals surface area contributed by atoms with Gasteiger partial charge >= 0.3 is 12.4 Å². The molecule has 0 aliphatic rings. The summed E-state index contributed by atoms with van der Waals surface area (Å²) in [6.07, 6.45) is -10.5. The molecule has 0 amide bonds. The fourth-order valence-electron chi connectivity index (χ4n) is 2.12. The SMILES string of the molecule is [C-]#[N+]c1cn(C)nc1-c1ccc(C(O)(C(F)(F)F)C(F)(F)F)cc1. The molecule has 0 aliphatic heterocycles. The Morgan fingerprint density at radius 2 is 1.54 bits per heavy atom. The van der Waals surface area contributed by atoms with Crippen LogP contribution in [0, 0.1) is 6.57 Å². The minimum Gasteiger partial charge on any atom is -0.369 e. The lowest BCUT2D eigenvalue weighted by Gasteiger charge is -2.32. The van der Waals surface area contributed by atoms with E-state index in [0.29, 0.717) is 12.1 Å². The fraction of sp³-hybridized carbons (Fsp3) is 0.286. The summed E-state index contributed by atoms with van der Waals surface area (Å²) in [4.78, 5) is 3.17. The number of alkyl halides is 6. The van der Waals surface area contributed by atoms with Crippen LogP contribution >= 0.6 is 0 Å². The largest absolute Gasteiger partial charge is 0.430 e. The zero-order chi connectivity index (χ0) is 18.3. The zero-order valence-electron chi connectivity index (χ0n) is 11.9. The van der Waals surface area contributed by atoms with Crippen molar-refractivity contribution in [1.29, 1.82) is 0 Å². The fourth-order valence-corrected chi connectivity index (χ4v) is 2.12. The highest BCUT2D eigenvalue weighted by atomic mass is 19.4. The van der Waals surface area contributed by atoms with E-state index in [4.69, 9.17) is 6.57 Å². The van der Waals surface area contributed by atoms with Crippen molar-refractivity contribution < 1.29 is 31.4 Å². The Hall–Kier alpha value is -2.54. The van der Waals surface area contributed by atoms with Crippen LogP contribution in [0.15, 0.2) is 30.5 Å². The Balaban J connectivity index is 2.54. The van der Waals surface area contributed by atoms with Crippen LogP contribution in [0.5, 0.6) is 0 Å². The van der Waals surface area contributed by atoms with E-state index in [-0.39, 0.29) is 16.9 Å². The van der Waals surface area contributed by atoms with Gasteiger partial charge in [0.15, 0.2) is 0 Å². The molecule has 2 aromatic rings. The van der Waals surface area contributed by atoms with Gasteiger partial charge in [0, 0.05) is 18.8 Å². The van der Waals surface area contributed by atoms with Gasteiger partial charge in [-0.25, -0.2) is 4.85 Å². The molecule has 4 nitrogen and oxygen atoms in total. The van der Waals surface area contributed by atoms with Gasteiger partial charge < -0.3 is 5.11 Å². The van der Waals surface area contributed by atoms with Gasteiger partial charge in [-0.2, -0.15) is 31.4 Å². The Labute approximate surface area is 131 Å². The van der Waals surface area contributed by atoms with Crippen molar-refractivity contribution in [2.75, 3.05) is 0 Å². The van der Waals surface area contributed by atoms with Crippen molar-refractivity contribution in [2.45, 2.75) is 18.0 Å². The van der Waals surface area contributed by atoms with E-state index >= 15 is 0 Å². The molecule has 0 saturated carbocycles. The minimum atomic E-state index is -5.95. The second-order valence-electron chi connectivity index (χ2n) is 4.93. The van der Waals surface area contributed by atoms with Gasteiger partial charge in [0.25, 0.3) is 5.60 Å². The lowest BCUT2D eigenvalue weighted by molar-refractivity contribution is -0.376. The van der Waals surface area contributed by atoms with E-state index in [1.54, 1.807) is 0 Å². The first-order chi connectivity index (χ1) is 10.9. The average molecular weight is 349 g/mol. The third-order valence-corrected chi connectivity index (χ3v) is 3.33. The van der Waals surface area contributed by atoms with Crippen molar-refractivity contribution >= 4 is 5.69 Å². The van der Waals surface area contributed by atoms with Crippen LogP contribution in [-0.2, 0) is 12.6 Å². The van der Waals surface area contributed by atoms with Gasteiger partial charge in [-0.05, 0) is 5.56 Å². The molecule has 10 heteroatoms. The van der Waals surface area contributed by atoms with Crippen LogP contribution in [0.25, 0.3) is 16.1 Å². The van der Waals surface area contributed by atoms with Crippen LogP contribution in [0.3, 0.4) is 0 Å². The summed E-state index contributed by atoms with van der Waals surface area (Å²) in [5.41, 5.74) is -6.00. The quantitative estimate of drug-likeness (QED) is 0.659. The first-order valence-corrected chi connectivity index (χ1v) is 6.29. The highest BCUT2D eigenvalue weighted by molar-refractivity contribution is 5.74. The normalized spacial score (nSPS) is 13.0. The molecule has 0 bridgehead atoms. The monoisotopic (exact) mass is 349 g/mol. The van der Waals surface area contributed by atoms with E-state index in [1.807, 2.05) is 0 Å². The highest BCUT2D eigenvalue weighted by Gasteiger charge is 2.71. The summed E-state index contributed by atoms with van der Waals surface area (Å²) in [6, 6.07) is 2.90. The Bertz CT molecular complexity index is 769. The molecule has 1 N–H and O–H groups in total. The van der Waals surface area contributed by atoms with E-state index in [2.05, 4.69) is 9.94 Å². The molecule has 24 heavy (non-hydrogen) atoms. The number of rotatable bonds is 2.